The molecule has 228 valence electrons. The van der Waals surface area contributed by atoms with Crippen molar-refractivity contribution in [2.45, 2.75) is 65.6 Å². The Morgan fingerprint density at radius 3 is 1.88 bits per heavy atom. The lowest BCUT2D eigenvalue weighted by molar-refractivity contribution is -0.176. The van der Waals surface area contributed by atoms with Gasteiger partial charge in [0.15, 0.2) is 11.7 Å². The summed E-state index contributed by atoms with van der Waals surface area (Å²) in [7, 11) is 2.51. The van der Waals surface area contributed by atoms with Gasteiger partial charge in [-0.3, -0.25) is 24.0 Å². The number of ketones is 1. The number of rotatable bonds is 8. The van der Waals surface area contributed by atoms with Gasteiger partial charge in [-0.2, -0.15) is 0 Å². The molecule has 0 spiro atoms. The molecule has 3 N–H and O–H groups in total. The van der Waals surface area contributed by atoms with Crippen LogP contribution >= 0.6 is 24.0 Å². The van der Waals surface area contributed by atoms with Crippen molar-refractivity contribution in [2.24, 2.45) is 17.6 Å². The molecule has 1 saturated heterocycles. The van der Waals surface area contributed by atoms with Crippen LogP contribution in [0.4, 0.5) is 0 Å². The fourth-order valence-electron chi connectivity index (χ4n) is 2.05. The summed E-state index contributed by atoms with van der Waals surface area (Å²) in [6, 6.07) is -1.36. The van der Waals surface area contributed by atoms with Gasteiger partial charge in [-0.1, -0.05) is 32.4 Å². The highest BCUT2D eigenvalue weighted by molar-refractivity contribution is 6.63. The normalized spacial score (nSPS) is 15.6. The Kier molecular flexibility index (Phi) is 28.5. The monoisotopic (exact) mass is 616 g/mol. The number of nitrogens with one attached hydrogen (secondary N) is 1. The van der Waals surface area contributed by atoms with Gasteiger partial charge in [-0.15, -0.1) is 18.8 Å². The van der Waals surface area contributed by atoms with Crippen LogP contribution in [-0.2, 0) is 43.0 Å². The van der Waals surface area contributed by atoms with E-state index in [4.69, 9.17) is 23.8 Å². The molecule has 11 nitrogen and oxygen atoms in total. The summed E-state index contributed by atoms with van der Waals surface area (Å²) in [5.74, 6) is 8.13. The highest BCUT2D eigenvalue weighted by Gasteiger charge is 2.35. The number of hydrogen-bond acceptors (Lipinski definition) is 10. The van der Waals surface area contributed by atoms with Crippen LogP contribution in [0.2, 0.25) is 0 Å². The molecule has 13 heteroatoms. The number of esters is 3. The Morgan fingerprint density at radius 1 is 1.10 bits per heavy atom. The molecule has 5 unspecified atom stereocenters. The lowest BCUT2D eigenvalue weighted by Crippen LogP contribution is -2.43. The highest BCUT2D eigenvalue weighted by Crippen LogP contribution is 2.21. The maximum Gasteiger partial charge on any atom is 0.328 e. The van der Waals surface area contributed by atoms with Gasteiger partial charge in [-0.05, 0) is 56.1 Å². The van der Waals surface area contributed by atoms with Crippen LogP contribution in [0.15, 0.2) is 12.7 Å². The van der Waals surface area contributed by atoms with Gasteiger partial charge in [0.05, 0.1) is 20.1 Å². The van der Waals surface area contributed by atoms with E-state index in [1.54, 1.807) is 26.8 Å². The van der Waals surface area contributed by atoms with Crippen molar-refractivity contribution in [3.8, 4) is 36.0 Å². The Morgan fingerprint density at radius 2 is 1.61 bits per heavy atom. The van der Waals surface area contributed by atoms with E-state index in [1.807, 2.05) is 6.92 Å². The maximum atomic E-state index is 11.9. The molecule has 0 aliphatic carbocycles. The van der Waals surface area contributed by atoms with E-state index >= 15 is 0 Å². The number of carbonyl (C=O) groups excluding carboxylic acids is 6. The third-order valence-corrected chi connectivity index (χ3v) is 4.73. The van der Waals surface area contributed by atoms with Crippen molar-refractivity contribution in [1.82, 2.24) is 5.32 Å². The Labute approximate surface area is 253 Å². The standard InChI is InChI=1S/C15H15NO4.C6H8O2.C4H9NO2.C3H5ClO.ClH/c1-5-7-8-9-10-12(13(17)6-2)14(18)16-11(3)15(19)20-4;1-3-5-4(2)6(7)8-5;1-3(5)4(6)7-2;1-2-3(4)5;/h1,11-12H,6H2,2-4H3,(H,16,18);3-5H,1H2,2H3;3H,5H2,1-2H3;2H2,1H3;1H. The zero-order valence-electron chi connectivity index (χ0n) is 24.2. The number of nitrogens with two attached hydrogens (primary N) is 1. The first-order chi connectivity index (χ1) is 18.7. The van der Waals surface area contributed by atoms with Crippen LogP contribution in [0.3, 0.4) is 0 Å². The minimum Gasteiger partial charge on any atom is -0.468 e. The van der Waals surface area contributed by atoms with Gasteiger partial charge in [0.2, 0.25) is 11.1 Å². The Hall–Kier alpha value is -3.82. The minimum absolute atomic E-state index is 0. The second kappa shape index (κ2) is 26.4. The molecule has 5 atom stereocenters. The number of carbonyl (C=O) groups is 6. The molecular weight excluding hydrogens is 579 g/mol. The van der Waals surface area contributed by atoms with Crippen molar-refractivity contribution in [2.75, 3.05) is 14.2 Å². The van der Waals surface area contributed by atoms with Gasteiger partial charge in [0, 0.05) is 12.8 Å². The molecule has 0 saturated carbocycles. The third kappa shape index (κ3) is 21.7. The number of halogens is 2. The van der Waals surface area contributed by atoms with E-state index in [0.717, 1.165) is 0 Å². The summed E-state index contributed by atoms with van der Waals surface area (Å²) in [5, 5.41) is 2.09. The molecule has 0 aromatic heterocycles. The first kappa shape index (κ1) is 44.2. The van der Waals surface area contributed by atoms with Gasteiger partial charge in [0.25, 0.3) is 0 Å². The SMILES string of the molecule is C#CC#CC#CC(C(=O)CC)C(=O)NC(C)C(=O)OC.C=CC1OC(=O)C1C.CCC(=O)Cl.COC(=O)C(C)N.Cl. The van der Waals surface area contributed by atoms with Crippen LogP contribution in [-0.4, -0.2) is 67.2 Å². The van der Waals surface area contributed by atoms with E-state index in [-0.39, 0.29) is 53.8 Å². The number of ether oxygens (including phenoxy) is 3. The Bertz CT molecular complexity index is 1060. The fourth-order valence-corrected chi connectivity index (χ4v) is 2.05. The molecule has 0 bridgehead atoms. The molecule has 1 amide bonds. The number of Topliss-reactive ketones (excluding diaryl/α,β-unsaturated/α-hetero) is 1. The molecule has 1 aliphatic heterocycles. The summed E-state index contributed by atoms with van der Waals surface area (Å²) in [6.45, 7) is 11.7. The molecule has 1 heterocycles. The molecule has 1 fully saturated rings. The van der Waals surface area contributed by atoms with Crippen LogP contribution < -0.4 is 11.1 Å². The number of terminal acetylenes is 1. The van der Waals surface area contributed by atoms with E-state index in [2.05, 4.69) is 55.7 Å². The number of methoxy groups -OCH3 is 2. The van der Waals surface area contributed by atoms with Crippen molar-refractivity contribution >= 4 is 58.8 Å². The molecule has 0 radical (unpaired) electrons. The van der Waals surface area contributed by atoms with Crippen LogP contribution in [0.1, 0.15) is 47.5 Å². The summed E-state index contributed by atoms with van der Waals surface area (Å²) in [4.78, 5) is 64.9. The van der Waals surface area contributed by atoms with Crippen LogP contribution in [0.25, 0.3) is 0 Å². The van der Waals surface area contributed by atoms with Crippen LogP contribution in [0, 0.1) is 47.9 Å². The Balaban J connectivity index is -0.000000265. The second-order valence-electron chi connectivity index (χ2n) is 7.62. The van der Waals surface area contributed by atoms with Gasteiger partial charge in [-0.25, -0.2) is 4.79 Å². The topological polar surface area (TPSA) is 168 Å². The van der Waals surface area contributed by atoms with E-state index in [0.29, 0.717) is 6.42 Å². The predicted octanol–water partition coefficient (Wildman–Crippen LogP) is 1.72. The largest absolute Gasteiger partial charge is 0.468 e. The van der Waals surface area contributed by atoms with Crippen molar-refractivity contribution in [3.63, 3.8) is 0 Å². The summed E-state index contributed by atoms with van der Waals surface area (Å²) >= 11 is 4.82. The van der Waals surface area contributed by atoms with E-state index in [9.17, 15) is 28.8 Å². The van der Waals surface area contributed by atoms with Crippen molar-refractivity contribution < 1.29 is 43.0 Å². The first-order valence-electron chi connectivity index (χ1n) is 11.9. The zero-order valence-corrected chi connectivity index (χ0v) is 25.8. The minimum atomic E-state index is -1.18. The summed E-state index contributed by atoms with van der Waals surface area (Å²) < 4.78 is 13.4. The van der Waals surface area contributed by atoms with Gasteiger partial charge < -0.3 is 25.3 Å². The van der Waals surface area contributed by atoms with E-state index in [1.165, 1.54) is 21.1 Å². The fraction of sp³-hybridized carbons (Fsp3) is 0.500. The quantitative estimate of drug-likeness (QED) is 0.102. The average molecular weight is 618 g/mol. The molecule has 1 aliphatic rings. The van der Waals surface area contributed by atoms with Crippen molar-refractivity contribution in [3.05, 3.63) is 12.7 Å². The smallest absolute Gasteiger partial charge is 0.328 e. The first-order valence-corrected chi connectivity index (χ1v) is 12.3. The third-order valence-electron chi connectivity index (χ3n) is 4.46. The molecular formula is C28H38Cl2N2O9. The van der Waals surface area contributed by atoms with Crippen molar-refractivity contribution in [1.29, 1.82) is 0 Å². The van der Waals surface area contributed by atoms with E-state index < -0.39 is 29.9 Å². The number of amides is 1. The number of hydrogen-bond donors (Lipinski definition) is 2. The van der Waals surface area contributed by atoms with Gasteiger partial charge in [0.1, 0.15) is 18.2 Å². The number of cyclic esters (lactones) is 1. The van der Waals surface area contributed by atoms with Gasteiger partial charge >= 0.3 is 17.9 Å². The highest BCUT2D eigenvalue weighted by atomic mass is 35.5. The zero-order chi connectivity index (χ0) is 31.8. The second-order valence-corrected chi connectivity index (χ2v) is 8.04. The molecule has 0 aromatic rings. The van der Waals surface area contributed by atoms with Crippen LogP contribution in [0.5, 0.6) is 0 Å². The molecule has 41 heavy (non-hydrogen) atoms. The summed E-state index contributed by atoms with van der Waals surface area (Å²) in [6.07, 6.45) is 7.11. The lowest BCUT2D eigenvalue weighted by atomic mass is 10.00. The predicted molar refractivity (Wildman–Crippen MR) is 156 cm³/mol. The summed E-state index contributed by atoms with van der Waals surface area (Å²) in [5.41, 5.74) is 5.07. The molecule has 1 rings (SSSR count). The lowest BCUT2D eigenvalue weighted by Gasteiger charge is -2.29. The molecule has 0 aromatic carbocycles. The average Bonchev–Trinajstić information content (AvgIpc) is 2.94. The maximum absolute atomic E-state index is 11.9.